The highest BCUT2D eigenvalue weighted by Crippen LogP contribution is 2.27. The van der Waals surface area contributed by atoms with Gasteiger partial charge in [0, 0.05) is 23.3 Å². The molecule has 11 heteroatoms. The predicted octanol–water partition coefficient (Wildman–Crippen LogP) is 4.67. The number of carbonyl (C=O) groups excluding carboxylic acids is 1. The van der Waals surface area contributed by atoms with E-state index in [-0.39, 0.29) is 16.7 Å². The molecular weight excluding hydrogens is 447 g/mol. The van der Waals surface area contributed by atoms with Crippen molar-refractivity contribution in [1.29, 1.82) is 0 Å². The van der Waals surface area contributed by atoms with Crippen LogP contribution in [0.5, 0.6) is 0 Å². The Bertz CT molecular complexity index is 1180. The quantitative estimate of drug-likeness (QED) is 0.421. The van der Waals surface area contributed by atoms with Crippen molar-refractivity contribution in [3.63, 3.8) is 0 Å². The Kier molecular flexibility index (Phi) is 6.07. The Hall–Kier alpha value is -2.82. The molecule has 30 heavy (non-hydrogen) atoms. The van der Waals surface area contributed by atoms with Gasteiger partial charge in [-0.1, -0.05) is 34.7 Å². The lowest BCUT2D eigenvalue weighted by Gasteiger charge is -2.03. The number of halogens is 2. The van der Waals surface area contributed by atoms with Crippen LogP contribution in [-0.4, -0.2) is 30.9 Å². The summed E-state index contributed by atoms with van der Waals surface area (Å²) in [6, 6.07) is 12.9. The maximum absolute atomic E-state index is 13.0. The molecular formula is C19H14ClFN6OS2. The highest BCUT2D eigenvalue weighted by molar-refractivity contribution is 7.98. The third kappa shape index (κ3) is 4.66. The molecule has 0 saturated carbocycles. The lowest BCUT2D eigenvalue weighted by molar-refractivity contribution is 0.102. The van der Waals surface area contributed by atoms with Crippen molar-refractivity contribution < 1.29 is 9.18 Å². The minimum atomic E-state index is -0.390. The van der Waals surface area contributed by atoms with Gasteiger partial charge in [-0.05, 0) is 48.5 Å². The van der Waals surface area contributed by atoms with Crippen LogP contribution in [-0.2, 0) is 12.8 Å². The van der Waals surface area contributed by atoms with Gasteiger partial charge in [-0.25, -0.2) is 4.39 Å². The van der Waals surface area contributed by atoms with Crippen LogP contribution < -0.4 is 5.32 Å². The van der Waals surface area contributed by atoms with Gasteiger partial charge in [0.2, 0.25) is 5.01 Å². The fourth-order valence-corrected chi connectivity index (χ4v) is 4.30. The van der Waals surface area contributed by atoms with E-state index in [9.17, 15) is 9.18 Å². The largest absolute Gasteiger partial charge is 0.320 e. The lowest BCUT2D eigenvalue weighted by atomic mass is 10.2. The average molecular weight is 461 g/mol. The molecule has 0 spiro atoms. The number of nitrogens with one attached hydrogen (secondary N) is 1. The van der Waals surface area contributed by atoms with Crippen LogP contribution in [0.3, 0.4) is 0 Å². The molecule has 2 heterocycles. The second kappa shape index (κ2) is 8.90. The minimum absolute atomic E-state index is 0.231. The first-order valence-corrected chi connectivity index (χ1v) is 10.8. The Labute approximate surface area is 184 Å². The number of thioether (sulfide) groups is 1. The first kappa shape index (κ1) is 20.5. The molecule has 0 saturated heterocycles. The summed E-state index contributed by atoms with van der Waals surface area (Å²) in [5.41, 5.74) is 1.40. The molecule has 7 nitrogen and oxygen atoms in total. The first-order valence-electron chi connectivity index (χ1n) is 8.67. The van der Waals surface area contributed by atoms with E-state index in [1.54, 1.807) is 12.1 Å². The minimum Gasteiger partial charge on any atom is -0.320 e. The summed E-state index contributed by atoms with van der Waals surface area (Å²) in [6.07, 6.45) is 0. The monoisotopic (exact) mass is 460 g/mol. The van der Waals surface area contributed by atoms with Crippen molar-refractivity contribution >= 4 is 46.3 Å². The van der Waals surface area contributed by atoms with Crippen LogP contribution in [0.15, 0.2) is 53.7 Å². The Morgan fingerprint density at radius 2 is 1.83 bits per heavy atom. The topological polar surface area (TPSA) is 85.6 Å². The van der Waals surface area contributed by atoms with E-state index in [2.05, 4.69) is 25.7 Å². The molecule has 1 amide bonds. The molecule has 1 N–H and O–H groups in total. The van der Waals surface area contributed by atoms with Crippen LogP contribution in [0.25, 0.3) is 11.4 Å². The van der Waals surface area contributed by atoms with E-state index < -0.39 is 0 Å². The SMILES string of the molecule is Cn1c(SCc2nnc(C(=O)Nc3ccc(F)cc3)s2)nnc1-c1ccc(Cl)cc1. The number of amides is 1. The summed E-state index contributed by atoms with van der Waals surface area (Å²) >= 11 is 8.57. The molecule has 0 aliphatic carbocycles. The van der Waals surface area contributed by atoms with Crippen LogP contribution in [0.2, 0.25) is 5.02 Å². The summed E-state index contributed by atoms with van der Waals surface area (Å²) in [6.45, 7) is 0. The molecule has 2 aromatic heterocycles. The second-order valence-electron chi connectivity index (χ2n) is 6.12. The normalized spacial score (nSPS) is 10.9. The van der Waals surface area contributed by atoms with Crippen molar-refractivity contribution in [3.8, 4) is 11.4 Å². The maximum Gasteiger partial charge on any atom is 0.286 e. The highest BCUT2D eigenvalue weighted by Gasteiger charge is 2.16. The predicted molar refractivity (Wildman–Crippen MR) is 115 cm³/mol. The van der Waals surface area contributed by atoms with E-state index >= 15 is 0 Å². The summed E-state index contributed by atoms with van der Waals surface area (Å²) in [7, 11) is 1.88. The number of benzene rings is 2. The number of hydrogen-bond acceptors (Lipinski definition) is 7. The Balaban J connectivity index is 1.39. The molecule has 0 aliphatic rings. The van der Waals surface area contributed by atoms with Crippen molar-refractivity contribution in [2.75, 3.05) is 5.32 Å². The van der Waals surface area contributed by atoms with Gasteiger partial charge in [0.15, 0.2) is 11.0 Å². The molecule has 4 aromatic rings. The van der Waals surface area contributed by atoms with E-state index in [0.717, 1.165) is 11.4 Å². The van der Waals surface area contributed by atoms with Crippen LogP contribution >= 0.6 is 34.7 Å². The van der Waals surface area contributed by atoms with Gasteiger partial charge in [0.1, 0.15) is 10.8 Å². The molecule has 0 bridgehead atoms. The zero-order valence-electron chi connectivity index (χ0n) is 15.5. The van der Waals surface area contributed by atoms with Crippen molar-refractivity contribution in [3.05, 3.63) is 69.4 Å². The Morgan fingerprint density at radius 1 is 1.10 bits per heavy atom. The summed E-state index contributed by atoms with van der Waals surface area (Å²) in [5, 5.41) is 21.4. The number of hydrogen-bond donors (Lipinski definition) is 1. The van der Waals surface area contributed by atoms with Crippen LogP contribution in [0, 0.1) is 5.82 Å². The number of anilines is 1. The zero-order valence-corrected chi connectivity index (χ0v) is 17.9. The maximum atomic E-state index is 13.0. The third-order valence-corrected chi connectivity index (χ3v) is 6.41. The highest BCUT2D eigenvalue weighted by atomic mass is 35.5. The van der Waals surface area contributed by atoms with Gasteiger partial charge < -0.3 is 9.88 Å². The van der Waals surface area contributed by atoms with Crippen LogP contribution in [0.4, 0.5) is 10.1 Å². The van der Waals surface area contributed by atoms with E-state index in [1.807, 2.05) is 23.7 Å². The van der Waals surface area contributed by atoms with Gasteiger partial charge >= 0.3 is 0 Å². The molecule has 0 radical (unpaired) electrons. The number of rotatable bonds is 6. The third-order valence-electron chi connectivity index (χ3n) is 4.03. The van der Waals surface area contributed by atoms with E-state index in [4.69, 9.17) is 11.6 Å². The number of aromatic nitrogens is 5. The first-order chi connectivity index (χ1) is 14.5. The molecule has 0 atom stereocenters. The second-order valence-corrected chi connectivity index (χ2v) is 8.56. The number of nitrogens with zero attached hydrogens (tertiary/aromatic N) is 5. The molecule has 0 unspecified atom stereocenters. The lowest BCUT2D eigenvalue weighted by Crippen LogP contribution is -2.11. The molecule has 4 rings (SSSR count). The van der Waals surface area contributed by atoms with Gasteiger partial charge in [-0.15, -0.1) is 20.4 Å². The van der Waals surface area contributed by atoms with Crippen molar-refractivity contribution in [2.24, 2.45) is 7.05 Å². The Morgan fingerprint density at radius 3 is 2.57 bits per heavy atom. The molecule has 152 valence electrons. The fraction of sp³-hybridized carbons (Fsp3) is 0.105. The van der Waals surface area contributed by atoms with Gasteiger partial charge in [0.05, 0.1) is 5.75 Å². The fourth-order valence-electron chi connectivity index (χ4n) is 2.54. The summed E-state index contributed by atoms with van der Waals surface area (Å²) in [5.74, 6) is 0.463. The van der Waals surface area contributed by atoms with E-state index in [1.165, 1.54) is 47.4 Å². The van der Waals surface area contributed by atoms with Crippen LogP contribution in [0.1, 0.15) is 14.8 Å². The smallest absolute Gasteiger partial charge is 0.286 e. The average Bonchev–Trinajstić information content (AvgIpc) is 3.36. The zero-order chi connectivity index (χ0) is 21.1. The van der Waals surface area contributed by atoms with Gasteiger partial charge in [-0.3, -0.25) is 4.79 Å². The standard InChI is InChI=1S/C19H14ClFN6OS2/c1-27-16(11-2-4-12(20)5-3-11)24-26-19(27)29-10-15-23-25-18(30-15)17(28)22-14-8-6-13(21)7-9-14/h2-9H,10H2,1H3,(H,22,28). The molecule has 0 fully saturated rings. The van der Waals surface area contributed by atoms with Crippen molar-refractivity contribution in [2.45, 2.75) is 10.9 Å². The van der Waals surface area contributed by atoms with Gasteiger partial charge in [0.25, 0.3) is 5.91 Å². The summed E-state index contributed by atoms with van der Waals surface area (Å²) in [4.78, 5) is 12.3. The van der Waals surface area contributed by atoms with Crippen molar-refractivity contribution in [1.82, 2.24) is 25.0 Å². The molecule has 0 aliphatic heterocycles. The number of carbonyl (C=O) groups is 1. The molecule has 2 aromatic carbocycles. The van der Waals surface area contributed by atoms with Gasteiger partial charge in [-0.2, -0.15) is 0 Å². The van der Waals surface area contributed by atoms with E-state index in [0.29, 0.717) is 26.6 Å². The summed E-state index contributed by atoms with van der Waals surface area (Å²) < 4.78 is 14.9.